The molecule has 1 aliphatic rings. The predicted octanol–water partition coefficient (Wildman–Crippen LogP) is 3.07. The van der Waals surface area contributed by atoms with E-state index >= 15 is 0 Å². The first-order valence-electron chi connectivity index (χ1n) is 8.88. The standard InChI is InChI=1S/C19H17ClN4O5S/c1-11-7-15-16(28-10-19(25)24(15)9-18-21-12(2)29-22-18)8-17(11)30(26,27)23-14-5-3-13(20)4-6-14/h3-8,23H,9-10H2,1-2H3. The summed E-state index contributed by atoms with van der Waals surface area (Å²) in [5.41, 5.74) is 1.26. The number of fused-ring (bicyclic) bond motifs is 1. The summed E-state index contributed by atoms with van der Waals surface area (Å²) in [4.78, 5) is 18.0. The number of nitrogens with one attached hydrogen (secondary N) is 1. The first-order chi connectivity index (χ1) is 14.2. The zero-order chi connectivity index (χ0) is 21.5. The van der Waals surface area contributed by atoms with Gasteiger partial charge in [-0.15, -0.1) is 0 Å². The first-order valence-corrected chi connectivity index (χ1v) is 10.7. The second kappa shape index (κ2) is 7.62. The first kappa shape index (κ1) is 20.2. The molecule has 0 bridgehead atoms. The zero-order valence-electron chi connectivity index (χ0n) is 16.0. The van der Waals surface area contributed by atoms with Crippen LogP contribution in [0.25, 0.3) is 0 Å². The van der Waals surface area contributed by atoms with Gasteiger partial charge in [0.1, 0.15) is 5.75 Å². The molecule has 1 amide bonds. The molecule has 0 fully saturated rings. The fourth-order valence-electron chi connectivity index (χ4n) is 3.07. The Bertz CT molecular complexity index is 1220. The van der Waals surface area contributed by atoms with Crippen LogP contribution >= 0.6 is 11.6 Å². The van der Waals surface area contributed by atoms with Gasteiger partial charge in [-0.05, 0) is 42.8 Å². The van der Waals surface area contributed by atoms with E-state index in [2.05, 4.69) is 14.9 Å². The summed E-state index contributed by atoms with van der Waals surface area (Å²) in [7, 11) is -3.89. The fourth-order valence-corrected chi connectivity index (χ4v) is 4.50. The third-order valence-electron chi connectivity index (χ3n) is 4.45. The third-order valence-corrected chi connectivity index (χ3v) is 6.23. The molecule has 0 atom stereocenters. The van der Waals surface area contributed by atoms with E-state index in [1.165, 1.54) is 11.0 Å². The highest BCUT2D eigenvalue weighted by Crippen LogP contribution is 2.37. The topological polar surface area (TPSA) is 115 Å². The van der Waals surface area contributed by atoms with Crippen LogP contribution in [0.3, 0.4) is 0 Å². The maximum Gasteiger partial charge on any atom is 0.265 e. The molecule has 0 radical (unpaired) electrons. The number of aryl methyl sites for hydroxylation is 2. The van der Waals surface area contributed by atoms with E-state index in [1.54, 1.807) is 44.2 Å². The largest absolute Gasteiger partial charge is 0.482 e. The summed E-state index contributed by atoms with van der Waals surface area (Å²) in [5, 5.41) is 4.31. The summed E-state index contributed by atoms with van der Waals surface area (Å²) in [5.74, 6) is 0.709. The Morgan fingerprint density at radius 2 is 1.93 bits per heavy atom. The average Bonchev–Trinajstić information content (AvgIpc) is 3.10. The number of nitrogens with zero attached hydrogens (tertiary/aromatic N) is 3. The van der Waals surface area contributed by atoms with Gasteiger partial charge in [0.05, 0.1) is 17.1 Å². The van der Waals surface area contributed by atoms with Crippen LogP contribution in [0.5, 0.6) is 5.75 Å². The smallest absolute Gasteiger partial charge is 0.265 e. The molecule has 1 aromatic heterocycles. The van der Waals surface area contributed by atoms with E-state index in [9.17, 15) is 13.2 Å². The van der Waals surface area contributed by atoms with E-state index in [1.807, 2.05) is 0 Å². The number of hydrogen-bond donors (Lipinski definition) is 1. The van der Waals surface area contributed by atoms with Crippen molar-refractivity contribution in [2.45, 2.75) is 25.3 Å². The van der Waals surface area contributed by atoms with Crippen LogP contribution in [-0.2, 0) is 21.4 Å². The molecule has 0 aliphatic carbocycles. The van der Waals surface area contributed by atoms with Crippen LogP contribution in [0.2, 0.25) is 5.02 Å². The summed E-state index contributed by atoms with van der Waals surface area (Å²) in [6.07, 6.45) is 0. The molecule has 0 spiro atoms. The highest BCUT2D eigenvalue weighted by atomic mass is 35.5. The Morgan fingerprint density at radius 1 is 1.20 bits per heavy atom. The second-order valence-corrected chi connectivity index (χ2v) is 8.78. The van der Waals surface area contributed by atoms with Crippen LogP contribution in [0.1, 0.15) is 17.3 Å². The molecule has 2 aromatic carbocycles. The number of rotatable bonds is 5. The highest BCUT2D eigenvalue weighted by molar-refractivity contribution is 7.92. The van der Waals surface area contributed by atoms with Crippen molar-refractivity contribution in [2.24, 2.45) is 0 Å². The molecule has 30 heavy (non-hydrogen) atoms. The van der Waals surface area contributed by atoms with E-state index < -0.39 is 10.0 Å². The molecule has 1 N–H and O–H groups in total. The van der Waals surface area contributed by atoms with Gasteiger partial charge in [0.2, 0.25) is 5.89 Å². The Morgan fingerprint density at radius 3 is 2.60 bits per heavy atom. The normalized spacial score (nSPS) is 13.7. The number of carbonyl (C=O) groups excluding carboxylic acids is 1. The molecule has 2 heterocycles. The second-order valence-electron chi connectivity index (χ2n) is 6.70. The number of benzene rings is 2. The van der Waals surface area contributed by atoms with Crippen molar-refractivity contribution in [3.63, 3.8) is 0 Å². The molecule has 9 nitrogen and oxygen atoms in total. The van der Waals surface area contributed by atoms with E-state index in [-0.39, 0.29) is 29.7 Å². The monoisotopic (exact) mass is 448 g/mol. The zero-order valence-corrected chi connectivity index (χ0v) is 17.6. The van der Waals surface area contributed by atoms with Gasteiger partial charge in [0.15, 0.2) is 12.4 Å². The molecule has 0 unspecified atom stereocenters. The number of sulfonamides is 1. The maximum atomic E-state index is 12.9. The van der Waals surface area contributed by atoms with Crippen molar-refractivity contribution in [2.75, 3.05) is 16.2 Å². The maximum absolute atomic E-state index is 12.9. The van der Waals surface area contributed by atoms with Crippen LogP contribution in [-0.4, -0.2) is 31.1 Å². The van der Waals surface area contributed by atoms with Crippen LogP contribution in [0.4, 0.5) is 11.4 Å². The minimum Gasteiger partial charge on any atom is -0.482 e. The van der Waals surface area contributed by atoms with E-state index in [0.717, 1.165) is 0 Å². The number of hydrogen-bond acceptors (Lipinski definition) is 7. The molecule has 156 valence electrons. The van der Waals surface area contributed by atoms with Crippen molar-refractivity contribution in [1.29, 1.82) is 0 Å². The summed E-state index contributed by atoms with van der Waals surface area (Å²) < 4.78 is 38.8. The van der Waals surface area contributed by atoms with Crippen LogP contribution < -0.4 is 14.4 Å². The van der Waals surface area contributed by atoms with Gasteiger partial charge < -0.3 is 9.26 Å². The van der Waals surface area contributed by atoms with Crippen molar-refractivity contribution in [3.05, 3.63) is 58.7 Å². The number of ether oxygens (including phenoxy) is 1. The van der Waals surface area contributed by atoms with Gasteiger partial charge in [-0.2, -0.15) is 4.98 Å². The molecule has 0 saturated heterocycles. The lowest BCUT2D eigenvalue weighted by molar-refractivity contribution is -0.121. The van der Waals surface area contributed by atoms with Crippen molar-refractivity contribution in [1.82, 2.24) is 10.1 Å². The van der Waals surface area contributed by atoms with Gasteiger partial charge in [-0.1, -0.05) is 16.8 Å². The minimum atomic E-state index is -3.89. The highest BCUT2D eigenvalue weighted by Gasteiger charge is 2.30. The molecule has 0 saturated carbocycles. The van der Waals surface area contributed by atoms with Crippen molar-refractivity contribution in [3.8, 4) is 5.75 Å². The number of aromatic nitrogens is 2. The number of amides is 1. The Balaban J connectivity index is 1.68. The third kappa shape index (κ3) is 3.96. The molecular formula is C19H17ClN4O5S. The summed E-state index contributed by atoms with van der Waals surface area (Å²) >= 11 is 5.85. The van der Waals surface area contributed by atoms with Gasteiger partial charge in [0.25, 0.3) is 15.9 Å². The summed E-state index contributed by atoms with van der Waals surface area (Å²) in [6.45, 7) is 3.16. The van der Waals surface area contributed by atoms with E-state index in [0.29, 0.717) is 33.7 Å². The fraction of sp³-hybridized carbons (Fsp3) is 0.211. The lowest BCUT2D eigenvalue weighted by Gasteiger charge is -2.29. The molecule has 3 aromatic rings. The van der Waals surface area contributed by atoms with Gasteiger partial charge in [-0.25, -0.2) is 8.42 Å². The van der Waals surface area contributed by atoms with Gasteiger partial charge >= 0.3 is 0 Å². The predicted molar refractivity (Wildman–Crippen MR) is 109 cm³/mol. The molecular weight excluding hydrogens is 432 g/mol. The lowest BCUT2D eigenvalue weighted by Crippen LogP contribution is -2.38. The number of anilines is 2. The Kier molecular flexibility index (Phi) is 5.12. The minimum absolute atomic E-state index is 0.0425. The van der Waals surface area contributed by atoms with Gasteiger partial charge in [0, 0.05) is 23.7 Å². The van der Waals surface area contributed by atoms with E-state index in [4.69, 9.17) is 20.9 Å². The van der Waals surface area contributed by atoms with Crippen molar-refractivity contribution < 1.29 is 22.5 Å². The van der Waals surface area contributed by atoms with Crippen LogP contribution in [0, 0.1) is 13.8 Å². The SMILES string of the molecule is Cc1nc(CN2C(=O)COc3cc(S(=O)(=O)Nc4ccc(Cl)cc4)c(C)cc32)no1. The Labute approximate surface area is 177 Å². The number of halogens is 1. The lowest BCUT2D eigenvalue weighted by atomic mass is 10.1. The quantitative estimate of drug-likeness (QED) is 0.637. The Hall–Kier alpha value is -3.11. The molecule has 11 heteroatoms. The van der Waals surface area contributed by atoms with Crippen LogP contribution in [0.15, 0.2) is 45.8 Å². The molecule has 1 aliphatic heterocycles. The van der Waals surface area contributed by atoms with Crippen molar-refractivity contribution >= 4 is 38.9 Å². The summed E-state index contributed by atoms with van der Waals surface area (Å²) in [6, 6.07) is 9.31. The average molecular weight is 449 g/mol. The molecule has 4 rings (SSSR count). The number of carbonyl (C=O) groups is 1. The van der Waals surface area contributed by atoms with Gasteiger partial charge in [-0.3, -0.25) is 14.4 Å².